The zero-order valence-corrected chi connectivity index (χ0v) is 16.0. The first kappa shape index (κ1) is 19.2. The number of aryl methyl sites for hydroxylation is 2. The Bertz CT molecular complexity index is 830. The SMILES string of the molecule is Cc1noc(C)c1C(=O)OCC(=O)c1ccc(CC(=O)N2CCOCC2)s1. The fourth-order valence-corrected chi connectivity index (χ4v) is 3.67. The molecule has 3 rings (SSSR count). The standard InChI is InChI=1S/C18H20N2O6S/c1-11-17(12(2)26-19-11)18(23)25-10-14(21)15-4-3-13(27-15)9-16(22)20-5-7-24-8-6-20/h3-4H,5-10H2,1-2H3. The van der Waals surface area contributed by atoms with E-state index in [2.05, 4.69) is 5.16 Å². The molecule has 9 heteroatoms. The van der Waals surface area contributed by atoms with Crippen molar-refractivity contribution in [2.75, 3.05) is 32.9 Å². The molecule has 1 saturated heterocycles. The average molecular weight is 392 g/mol. The number of ether oxygens (including phenoxy) is 2. The van der Waals surface area contributed by atoms with Crippen LogP contribution < -0.4 is 0 Å². The number of aromatic nitrogens is 1. The number of esters is 1. The molecule has 27 heavy (non-hydrogen) atoms. The van der Waals surface area contributed by atoms with E-state index in [1.54, 1.807) is 30.9 Å². The van der Waals surface area contributed by atoms with E-state index in [1.165, 1.54) is 11.3 Å². The van der Waals surface area contributed by atoms with Gasteiger partial charge in [0.25, 0.3) is 0 Å². The quantitative estimate of drug-likeness (QED) is 0.546. The first-order valence-corrected chi connectivity index (χ1v) is 9.34. The normalized spacial score (nSPS) is 14.2. The number of carbonyl (C=O) groups is 3. The third-order valence-electron chi connectivity index (χ3n) is 4.20. The number of carbonyl (C=O) groups excluding carboxylic acids is 3. The van der Waals surface area contributed by atoms with Gasteiger partial charge in [0.05, 0.1) is 30.2 Å². The van der Waals surface area contributed by atoms with E-state index in [1.807, 2.05) is 0 Å². The molecule has 0 saturated carbocycles. The minimum atomic E-state index is -0.640. The van der Waals surface area contributed by atoms with E-state index < -0.39 is 5.97 Å². The molecule has 0 aromatic carbocycles. The first-order valence-electron chi connectivity index (χ1n) is 8.53. The molecular weight excluding hydrogens is 372 g/mol. The summed E-state index contributed by atoms with van der Waals surface area (Å²) in [7, 11) is 0. The Morgan fingerprint density at radius 3 is 2.63 bits per heavy atom. The molecule has 0 unspecified atom stereocenters. The number of hydrogen-bond donors (Lipinski definition) is 0. The van der Waals surface area contributed by atoms with Crippen LogP contribution in [-0.4, -0.2) is 60.6 Å². The van der Waals surface area contributed by atoms with Gasteiger partial charge in [-0.15, -0.1) is 11.3 Å². The fraction of sp³-hybridized carbons (Fsp3) is 0.444. The van der Waals surface area contributed by atoms with Crippen LogP contribution in [0.1, 0.15) is 36.4 Å². The van der Waals surface area contributed by atoms with Crippen molar-refractivity contribution < 1.29 is 28.4 Å². The second-order valence-corrected chi connectivity index (χ2v) is 7.30. The van der Waals surface area contributed by atoms with Crippen molar-refractivity contribution in [2.45, 2.75) is 20.3 Å². The van der Waals surface area contributed by atoms with Crippen LogP contribution in [0.4, 0.5) is 0 Å². The summed E-state index contributed by atoms with van der Waals surface area (Å²) >= 11 is 1.24. The lowest BCUT2D eigenvalue weighted by Crippen LogP contribution is -2.41. The lowest BCUT2D eigenvalue weighted by molar-refractivity contribution is -0.134. The van der Waals surface area contributed by atoms with Gasteiger partial charge >= 0.3 is 5.97 Å². The van der Waals surface area contributed by atoms with Gasteiger partial charge in [0.15, 0.2) is 6.61 Å². The van der Waals surface area contributed by atoms with Gasteiger partial charge in [0, 0.05) is 18.0 Å². The molecule has 0 spiro atoms. The Balaban J connectivity index is 1.53. The van der Waals surface area contributed by atoms with Crippen LogP contribution >= 0.6 is 11.3 Å². The summed E-state index contributed by atoms with van der Waals surface area (Å²) in [6, 6.07) is 3.41. The first-order chi connectivity index (χ1) is 13.0. The minimum Gasteiger partial charge on any atom is -0.454 e. The van der Waals surface area contributed by atoms with Gasteiger partial charge in [-0.2, -0.15) is 0 Å². The predicted molar refractivity (Wildman–Crippen MR) is 96.0 cm³/mol. The molecule has 3 heterocycles. The highest BCUT2D eigenvalue weighted by Crippen LogP contribution is 2.19. The lowest BCUT2D eigenvalue weighted by Gasteiger charge is -2.26. The summed E-state index contributed by atoms with van der Waals surface area (Å²) in [5.41, 5.74) is 0.663. The molecular formula is C18H20N2O6S. The van der Waals surface area contributed by atoms with Crippen LogP contribution in [0.3, 0.4) is 0 Å². The minimum absolute atomic E-state index is 0.0176. The van der Waals surface area contributed by atoms with E-state index in [9.17, 15) is 14.4 Å². The van der Waals surface area contributed by atoms with Crippen LogP contribution in [0.25, 0.3) is 0 Å². The van der Waals surface area contributed by atoms with E-state index in [-0.39, 0.29) is 30.3 Å². The van der Waals surface area contributed by atoms with Crippen molar-refractivity contribution in [1.82, 2.24) is 10.1 Å². The Hall–Kier alpha value is -2.52. The maximum atomic E-state index is 12.3. The number of hydrogen-bond acceptors (Lipinski definition) is 8. The van der Waals surface area contributed by atoms with Crippen LogP contribution in [0.15, 0.2) is 16.7 Å². The summed E-state index contributed by atoms with van der Waals surface area (Å²) in [5, 5.41) is 3.69. The molecule has 1 fully saturated rings. The number of thiophene rings is 1. The smallest absolute Gasteiger partial charge is 0.344 e. The molecule has 1 aliphatic heterocycles. The molecule has 0 atom stereocenters. The summed E-state index contributed by atoms with van der Waals surface area (Å²) in [6.45, 7) is 5.15. The number of amides is 1. The molecule has 0 bridgehead atoms. The van der Waals surface area contributed by atoms with Gasteiger partial charge in [-0.25, -0.2) is 4.79 Å². The van der Waals surface area contributed by atoms with Gasteiger partial charge in [0.1, 0.15) is 11.3 Å². The topological polar surface area (TPSA) is 98.9 Å². The van der Waals surface area contributed by atoms with Gasteiger partial charge in [-0.3, -0.25) is 9.59 Å². The summed E-state index contributed by atoms with van der Waals surface area (Å²) in [5.74, 6) is -0.585. The number of morpholine rings is 1. The third-order valence-corrected chi connectivity index (χ3v) is 5.32. The highest BCUT2D eigenvalue weighted by atomic mass is 32.1. The molecule has 0 aliphatic carbocycles. The van der Waals surface area contributed by atoms with Crippen molar-refractivity contribution in [3.8, 4) is 0 Å². The summed E-state index contributed by atoms with van der Waals surface area (Å²) < 4.78 is 15.2. The Morgan fingerprint density at radius 1 is 1.22 bits per heavy atom. The monoisotopic (exact) mass is 392 g/mol. The van der Waals surface area contributed by atoms with Crippen molar-refractivity contribution >= 4 is 29.0 Å². The van der Waals surface area contributed by atoms with Gasteiger partial charge in [-0.1, -0.05) is 5.16 Å². The second kappa shape index (κ2) is 8.45. The molecule has 0 N–H and O–H groups in total. The number of rotatable bonds is 6. The van der Waals surface area contributed by atoms with Crippen molar-refractivity contribution in [2.24, 2.45) is 0 Å². The van der Waals surface area contributed by atoms with Gasteiger partial charge in [0.2, 0.25) is 11.7 Å². The average Bonchev–Trinajstić information content (AvgIpc) is 3.26. The Morgan fingerprint density at radius 2 is 1.96 bits per heavy atom. The van der Waals surface area contributed by atoms with E-state index in [4.69, 9.17) is 14.0 Å². The molecule has 1 amide bonds. The summed E-state index contributed by atoms with van der Waals surface area (Å²) in [4.78, 5) is 39.6. The molecule has 2 aromatic rings. The summed E-state index contributed by atoms with van der Waals surface area (Å²) in [6.07, 6.45) is 0.247. The lowest BCUT2D eigenvalue weighted by atomic mass is 10.2. The van der Waals surface area contributed by atoms with Gasteiger partial charge < -0.3 is 18.9 Å². The second-order valence-electron chi connectivity index (χ2n) is 6.13. The van der Waals surface area contributed by atoms with Crippen molar-refractivity contribution in [3.63, 3.8) is 0 Å². The molecule has 1 aliphatic rings. The highest BCUT2D eigenvalue weighted by molar-refractivity contribution is 7.14. The van der Waals surface area contributed by atoms with E-state index in [0.29, 0.717) is 42.6 Å². The number of ketones is 1. The van der Waals surface area contributed by atoms with Crippen LogP contribution in [0.5, 0.6) is 0 Å². The number of Topliss-reactive ketones (excluding diaryl/α,β-unsaturated/α-hetero) is 1. The Kier molecular flexibility index (Phi) is 6.02. The van der Waals surface area contributed by atoms with Crippen molar-refractivity contribution in [3.05, 3.63) is 38.9 Å². The van der Waals surface area contributed by atoms with E-state index in [0.717, 1.165) is 4.88 Å². The highest BCUT2D eigenvalue weighted by Gasteiger charge is 2.22. The predicted octanol–water partition coefficient (Wildman–Crippen LogP) is 1.79. The third kappa shape index (κ3) is 4.61. The van der Waals surface area contributed by atoms with Gasteiger partial charge in [-0.05, 0) is 26.0 Å². The van der Waals surface area contributed by atoms with Crippen LogP contribution in [0.2, 0.25) is 0 Å². The fourth-order valence-electron chi connectivity index (χ4n) is 2.75. The molecule has 144 valence electrons. The molecule has 8 nitrogen and oxygen atoms in total. The maximum absolute atomic E-state index is 12.3. The molecule has 2 aromatic heterocycles. The zero-order valence-electron chi connectivity index (χ0n) is 15.1. The van der Waals surface area contributed by atoms with E-state index >= 15 is 0 Å². The maximum Gasteiger partial charge on any atom is 0.344 e. The largest absolute Gasteiger partial charge is 0.454 e. The Labute approximate surface area is 160 Å². The van der Waals surface area contributed by atoms with Crippen LogP contribution in [-0.2, 0) is 20.7 Å². The van der Waals surface area contributed by atoms with Crippen LogP contribution in [0, 0.1) is 13.8 Å². The van der Waals surface area contributed by atoms with Crippen molar-refractivity contribution in [1.29, 1.82) is 0 Å². The zero-order chi connectivity index (χ0) is 19.4. The molecule has 0 radical (unpaired) electrons. The number of nitrogens with zero attached hydrogens (tertiary/aromatic N) is 2.